The molecular weight excluding hydrogens is 775 g/mol. The fraction of sp³-hybridized carbons (Fsp3) is 0. The Morgan fingerprint density at radius 3 is 1.17 bits per heavy atom. The van der Waals surface area contributed by atoms with Crippen LogP contribution in [-0.4, -0.2) is 15.0 Å². The smallest absolute Gasteiger partial charge is 0.164 e. The molecule has 13 rings (SSSR count). The second kappa shape index (κ2) is 14.5. The van der Waals surface area contributed by atoms with Gasteiger partial charge in [-0.3, -0.25) is 0 Å². The minimum Gasteiger partial charge on any atom is -0.208 e. The Hall–Kier alpha value is -8.53. The number of fused-ring (bicyclic) bond motifs is 2. The van der Waals surface area contributed by atoms with E-state index in [9.17, 15) is 0 Å². The monoisotopic (exact) mass is 811 g/mol. The molecule has 0 aliphatic rings. The van der Waals surface area contributed by atoms with E-state index in [2.05, 4.69) is 200 Å². The van der Waals surface area contributed by atoms with Crippen LogP contribution in [-0.2, 0) is 0 Å². The van der Waals surface area contributed by atoms with Gasteiger partial charge in [0.2, 0.25) is 0 Å². The molecule has 3 heteroatoms. The van der Waals surface area contributed by atoms with Crippen LogP contribution in [0.15, 0.2) is 224 Å². The van der Waals surface area contributed by atoms with Crippen LogP contribution in [0.4, 0.5) is 0 Å². The lowest BCUT2D eigenvalue weighted by atomic mass is 9.85. The van der Waals surface area contributed by atoms with Crippen LogP contribution in [0.25, 0.3) is 132 Å². The Bertz CT molecular complexity index is 3930. The fourth-order valence-electron chi connectivity index (χ4n) is 10.1. The van der Waals surface area contributed by atoms with Crippen LogP contribution in [0, 0.1) is 0 Å². The zero-order valence-corrected chi connectivity index (χ0v) is 34.7. The van der Waals surface area contributed by atoms with E-state index in [0.29, 0.717) is 17.5 Å². The van der Waals surface area contributed by atoms with Crippen LogP contribution in [0.2, 0.25) is 0 Å². The Balaban J connectivity index is 1.04. The summed E-state index contributed by atoms with van der Waals surface area (Å²) in [5.41, 5.74) is 9.58. The van der Waals surface area contributed by atoms with Gasteiger partial charge < -0.3 is 0 Å². The first-order valence-corrected chi connectivity index (χ1v) is 21.8. The highest BCUT2D eigenvalue weighted by atomic mass is 15.0. The molecule has 0 atom stereocenters. The van der Waals surface area contributed by atoms with E-state index in [4.69, 9.17) is 15.0 Å². The van der Waals surface area contributed by atoms with Gasteiger partial charge in [-0.2, -0.15) is 0 Å². The Labute approximate surface area is 370 Å². The molecule has 296 valence electrons. The molecule has 3 nitrogen and oxygen atoms in total. The van der Waals surface area contributed by atoms with Crippen LogP contribution in [0.5, 0.6) is 0 Å². The third-order valence-corrected chi connectivity index (χ3v) is 13.0. The third kappa shape index (κ3) is 5.79. The van der Waals surface area contributed by atoms with Gasteiger partial charge >= 0.3 is 0 Å². The molecule has 0 unspecified atom stereocenters. The summed E-state index contributed by atoms with van der Waals surface area (Å²) >= 11 is 0. The van der Waals surface area contributed by atoms with Gasteiger partial charge in [0.05, 0.1) is 0 Å². The van der Waals surface area contributed by atoms with E-state index in [1.807, 2.05) is 24.3 Å². The largest absolute Gasteiger partial charge is 0.208 e. The quantitative estimate of drug-likeness (QED) is 0.157. The molecule has 0 saturated carbocycles. The molecule has 0 bridgehead atoms. The van der Waals surface area contributed by atoms with E-state index in [1.54, 1.807) is 0 Å². The summed E-state index contributed by atoms with van der Waals surface area (Å²) < 4.78 is 0. The summed E-state index contributed by atoms with van der Waals surface area (Å²) in [4.78, 5) is 15.5. The number of hydrogen-bond donors (Lipinski definition) is 0. The summed E-state index contributed by atoms with van der Waals surface area (Å²) in [5, 5.41) is 15.2. The minimum atomic E-state index is 0.625. The Kier molecular flexibility index (Phi) is 8.22. The van der Waals surface area contributed by atoms with Crippen molar-refractivity contribution < 1.29 is 0 Å². The Morgan fingerprint density at radius 2 is 0.594 bits per heavy atom. The molecule has 12 aromatic carbocycles. The first-order chi connectivity index (χ1) is 31.7. The third-order valence-electron chi connectivity index (χ3n) is 13.0. The lowest BCUT2D eigenvalue weighted by Gasteiger charge is -2.18. The Morgan fingerprint density at radius 1 is 0.203 bits per heavy atom. The summed E-state index contributed by atoms with van der Waals surface area (Å²) in [6.45, 7) is 0. The predicted octanol–water partition coefficient (Wildman–Crippen LogP) is 16.2. The average Bonchev–Trinajstić information content (AvgIpc) is 3.37. The summed E-state index contributed by atoms with van der Waals surface area (Å²) in [5.74, 6) is 1.89. The fourth-order valence-corrected chi connectivity index (χ4v) is 10.1. The normalized spacial score (nSPS) is 11.8. The van der Waals surface area contributed by atoms with E-state index in [1.165, 1.54) is 70.2 Å². The van der Waals surface area contributed by atoms with Crippen molar-refractivity contribution in [2.24, 2.45) is 0 Å². The van der Waals surface area contributed by atoms with Crippen molar-refractivity contribution in [2.75, 3.05) is 0 Å². The van der Waals surface area contributed by atoms with Crippen molar-refractivity contribution >= 4 is 64.6 Å². The van der Waals surface area contributed by atoms with E-state index in [-0.39, 0.29) is 0 Å². The number of aromatic nitrogens is 3. The molecular formula is C61H37N3. The molecule has 0 aliphatic heterocycles. The highest BCUT2D eigenvalue weighted by molar-refractivity contribution is 6.37. The summed E-state index contributed by atoms with van der Waals surface area (Å²) in [6.07, 6.45) is 0. The molecule has 0 fully saturated rings. The van der Waals surface area contributed by atoms with Gasteiger partial charge in [-0.15, -0.1) is 0 Å². The van der Waals surface area contributed by atoms with Crippen LogP contribution < -0.4 is 0 Å². The molecule has 1 aromatic heterocycles. The van der Waals surface area contributed by atoms with Gasteiger partial charge in [-0.1, -0.05) is 212 Å². The second-order valence-electron chi connectivity index (χ2n) is 16.7. The number of nitrogens with zero attached hydrogens (tertiary/aromatic N) is 3. The molecule has 13 aromatic rings. The zero-order chi connectivity index (χ0) is 42.1. The van der Waals surface area contributed by atoms with Gasteiger partial charge in [0, 0.05) is 16.7 Å². The minimum absolute atomic E-state index is 0.625. The standard InChI is InChI=1S/C61H37N3/c1-3-14-38(15-4-1)39-28-33-44(34-29-39)60-62-59(43-16-5-2-6-17-43)63-61(64-60)53-24-10-9-23-49(53)48-22-8-7-21-47(48)46-36-45-35-32-42-19-12-26-51-50-25-11-18-40-30-31-41-20-13-27-52(57(41)55(40)50)54(37-46)58(45)56(42)51/h1-37H. The van der Waals surface area contributed by atoms with Gasteiger partial charge in [0.15, 0.2) is 17.5 Å². The van der Waals surface area contributed by atoms with Crippen LogP contribution in [0.1, 0.15) is 0 Å². The maximum Gasteiger partial charge on any atom is 0.164 e. The molecule has 0 radical (unpaired) electrons. The molecule has 0 amide bonds. The molecule has 64 heavy (non-hydrogen) atoms. The van der Waals surface area contributed by atoms with Crippen molar-refractivity contribution in [3.8, 4) is 67.5 Å². The molecule has 0 saturated heterocycles. The van der Waals surface area contributed by atoms with Crippen LogP contribution in [0.3, 0.4) is 0 Å². The number of rotatable bonds is 6. The highest BCUT2D eigenvalue weighted by Crippen LogP contribution is 2.46. The second-order valence-corrected chi connectivity index (χ2v) is 16.7. The first kappa shape index (κ1) is 36.2. The van der Waals surface area contributed by atoms with Gasteiger partial charge in [0.1, 0.15) is 0 Å². The van der Waals surface area contributed by atoms with Crippen molar-refractivity contribution in [3.05, 3.63) is 224 Å². The highest BCUT2D eigenvalue weighted by Gasteiger charge is 2.20. The van der Waals surface area contributed by atoms with Crippen molar-refractivity contribution in [1.29, 1.82) is 0 Å². The maximum atomic E-state index is 5.25. The van der Waals surface area contributed by atoms with Gasteiger partial charge in [-0.05, 0) is 110 Å². The average molecular weight is 812 g/mol. The van der Waals surface area contributed by atoms with Crippen molar-refractivity contribution in [1.82, 2.24) is 15.0 Å². The SMILES string of the molecule is c1ccc(-c2ccc(-c3nc(-c4ccccc4)nc(-c4ccccc4-c4ccccc4-c4cc5ccc6cccc7c8cccc9ccc%10cccc(c(c4)c5c67)c%10c98)n3)cc2)cc1. The lowest BCUT2D eigenvalue weighted by Crippen LogP contribution is -2.01. The zero-order valence-electron chi connectivity index (χ0n) is 34.7. The van der Waals surface area contributed by atoms with E-state index in [0.717, 1.165) is 44.5 Å². The predicted molar refractivity (Wildman–Crippen MR) is 269 cm³/mol. The van der Waals surface area contributed by atoms with E-state index < -0.39 is 0 Å². The molecule has 0 spiro atoms. The van der Waals surface area contributed by atoms with Crippen molar-refractivity contribution in [2.45, 2.75) is 0 Å². The molecule has 1 heterocycles. The van der Waals surface area contributed by atoms with Gasteiger partial charge in [0.25, 0.3) is 0 Å². The van der Waals surface area contributed by atoms with Crippen molar-refractivity contribution in [3.63, 3.8) is 0 Å². The summed E-state index contributed by atoms with van der Waals surface area (Å²) in [6, 6.07) is 80.8. The van der Waals surface area contributed by atoms with E-state index >= 15 is 0 Å². The number of hydrogen-bond acceptors (Lipinski definition) is 3. The topological polar surface area (TPSA) is 38.7 Å². The molecule has 0 aliphatic carbocycles. The molecule has 0 N–H and O–H groups in total. The summed E-state index contributed by atoms with van der Waals surface area (Å²) in [7, 11) is 0. The first-order valence-electron chi connectivity index (χ1n) is 21.8. The van der Waals surface area contributed by atoms with Gasteiger partial charge in [-0.25, -0.2) is 15.0 Å². The number of benzene rings is 11. The lowest BCUT2D eigenvalue weighted by molar-refractivity contribution is 1.07. The maximum absolute atomic E-state index is 5.25. The van der Waals surface area contributed by atoms with Crippen LogP contribution >= 0.6 is 0 Å².